The van der Waals surface area contributed by atoms with Crippen molar-refractivity contribution in [2.75, 3.05) is 5.32 Å². The van der Waals surface area contributed by atoms with Gasteiger partial charge in [-0.05, 0) is 12.1 Å². The first-order valence-corrected chi connectivity index (χ1v) is 4.61. The summed E-state index contributed by atoms with van der Waals surface area (Å²) >= 11 is 0. The van der Waals surface area contributed by atoms with E-state index in [2.05, 4.69) is 10.6 Å². The summed E-state index contributed by atoms with van der Waals surface area (Å²) in [7, 11) is 0. The Balaban J connectivity index is 2.12. The predicted molar refractivity (Wildman–Crippen MR) is 51.5 cm³/mol. The number of hydrogen-bond acceptors (Lipinski definition) is 3. The highest BCUT2D eigenvalue weighted by Crippen LogP contribution is 2.16. The van der Waals surface area contributed by atoms with E-state index in [1.54, 1.807) is 0 Å². The lowest BCUT2D eigenvalue weighted by molar-refractivity contribution is -0.124. The maximum Gasteiger partial charge on any atom is 0.249 e. The average molecular weight is 226 g/mol. The van der Waals surface area contributed by atoms with Crippen molar-refractivity contribution < 1.29 is 18.4 Å². The smallest absolute Gasteiger partial charge is 0.249 e. The zero-order valence-corrected chi connectivity index (χ0v) is 8.09. The van der Waals surface area contributed by atoms with Crippen molar-refractivity contribution >= 4 is 17.5 Å². The topological polar surface area (TPSA) is 58.2 Å². The molecule has 2 N–H and O–H groups in total. The van der Waals surface area contributed by atoms with Gasteiger partial charge in [-0.25, -0.2) is 8.78 Å². The van der Waals surface area contributed by atoms with Gasteiger partial charge in [-0.2, -0.15) is 0 Å². The fourth-order valence-electron chi connectivity index (χ4n) is 1.46. The fourth-order valence-corrected chi connectivity index (χ4v) is 1.46. The third kappa shape index (κ3) is 2.00. The van der Waals surface area contributed by atoms with E-state index in [9.17, 15) is 18.4 Å². The molecule has 1 saturated heterocycles. The summed E-state index contributed by atoms with van der Waals surface area (Å²) in [6, 6.07) is 2.46. The molecule has 1 aliphatic rings. The molecule has 0 bridgehead atoms. The Hall–Kier alpha value is -1.98. The molecule has 1 heterocycles. The predicted octanol–water partition coefficient (Wildman–Crippen LogP) is 0.792. The van der Waals surface area contributed by atoms with Crippen LogP contribution in [0, 0.1) is 11.6 Å². The molecular weight excluding hydrogens is 218 g/mol. The van der Waals surface area contributed by atoms with E-state index >= 15 is 0 Å². The summed E-state index contributed by atoms with van der Waals surface area (Å²) in [4.78, 5) is 22.0. The highest BCUT2D eigenvalue weighted by molar-refractivity contribution is 6.06. The second-order valence-electron chi connectivity index (χ2n) is 3.44. The van der Waals surface area contributed by atoms with E-state index in [1.807, 2.05) is 0 Å². The molecule has 84 valence electrons. The molecule has 0 aromatic heterocycles. The highest BCUT2D eigenvalue weighted by Gasteiger charge is 2.30. The SMILES string of the molecule is O=C1CC(Nc2ccc(F)c(F)c2)C(=O)N1. The van der Waals surface area contributed by atoms with E-state index in [0.29, 0.717) is 0 Å². The summed E-state index contributed by atoms with van der Waals surface area (Å²) in [5.41, 5.74) is 0.258. The highest BCUT2D eigenvalue weighted by atomic mass is 19.2. The van der Waals surface area contributed by atoms with Crippen LogP contribution in [-0.4, -0.2) is 17.9 Å². The van der Waals surface area contributed by atoms with Crippen molar-refractivity contribution in [1.29, 1.82) is 0 Å². The fraction of sp³-hybridized carbons (Fsp3) is 0.200. The lowest BCUT2D eigenvalue weighted by Gasteiger charge is -2.10. The Morgan fingerprint density at radius 3 is 2.56 bits per heavy atom. The lowest BCUT2D eigenvalue weighted by atomic mass is 10.2. The second-order valence-corrected chi connectivity index (χ2v) is 3.44. The van der Waals surface area contributed by atoms with Crippen LogP contribution in [0.4, 0.5) is 14.5 Å². The number of carbonyl (C=O) groups is 2. The van der Waals surface area contributed by atoms with Crippen LogP contribution in [0.15, 0.2) is 18.2 Å². The Morgan fingerprint density at radius 2 is 2.00 bits per heavy atom. The monoisotopic (exact) mass is 226 g/mol. The lowest BCUT2D eigenvalue weighted by Crippen LogP contribution is -2.30. The molecule has 0 spiro atoms. The van der Waals surface area contributed by atoms with Crippen molar-refractivity contribution in [3.8, 4) is 0 Å². The molecule has 16 heavy (non-hydrogen) atoms. The van der Waals surface area contributed by atoms with E-state index in [-0.39, 0.29) is 18.0 Å². The van der Waals surface area contributed by atoms with Crippen LogP contribution in [0.3, 0.4) is 0 Å². The van der Waals surface area contributed by atoms with Gasteiger partial charge in [0.15, 0.2) is 11.6 Å². The van der Waals surface area contributed by atoms with Crippen LogP contribution in [-0.2, 0) is 9.59 Å². The number of rotatable bonds is 2. The maximum atomic E-state index is 12.8. The number of amides is 2. The van der Waals surface area contributed by atoms with Gasteiger partial charge in [-0.1, -0.05) is 0 Å². The molecule has 0 saturated carbocycles. The Labute approximate surface area is 89.6 Å². The minimum absolute atomic E-state index is 0.00215. The molecular formula is C10H8F2N2O2. The molecule has 2 amide bonds. The van der Waals surface area contributed by atoms with Crippen LogP contribution in [0.2, 0.25) is 0 Å². The largest absolute Gasteiger partial charge is 0.373 e. The van der Waals surface area contributed by atoms with Crippen LogP contribution in [0.5, 0.6) is 0 Å². The van der Waals surface area contributed by atoms with Crippen LogP contribution >= 0.6 is 0 Å². The van der Waals surface area contributed by atoms with Crippen LogP contribution in [0.25, 0.3) is 0 Å². The minimum Gasteiger partial charge on any atom is -0.373 e. The summed E-state index contributed by atoms with van der Waals surface area (Å²) in [5.74, 6) is -2.81. The van der Waals surface area contributed by atoms with Gasteiger partial charge in [0, 0.05) is 11.8 Å². The Kier molecular flexibility index (Phi) is 2.55. The number of hydrogen-bond donors (Lipinski definition) is 2. The third-order valence-corrected chi connectivity index (χ3v) is 2.23. The van der Waals surface area contributed by atoms with Crippen LogP contribution in [0.1, 0.15) is 6.42 Å². The van der Waals surface area contributed by atoms with Gasteiger partial charge in [0.2, 0.25) is 11.8 Å². The molecule has 1 atom stereocenters. The van der Waals surface area contributed by atoms with Crippen molar-refractivity contribution in [3.05, 3.63) is 29.8 Å². The van der Waals surface area contributed by atoms with Gasteiger partial charge >= 0.3 is 0 Å². The standard InChI is InChI=1S/C10H8F2N2O2/c11-6-2-1-5(3-7(6)12)13-8-4-9(15)14-10(8)16/h1-3,8,13H,4H2,(H,14,15,16). The number of halogens is 2. The third-order valence-electron chi connectivity index (χ3n) is 2.23. The number of benzene rings is 1. The molecule has 6 heteroatoms. The van der Waals surface area contributed by atoms with Gasteiger partial charge < -0.3 is 5.32 Å². The van der Waals surface area contributed by atoms with Gasteiger partial charge in [0.05, 0.1) is 6.42 Å². The molecule has 1 fully saturated rings. The van der Waals surface area contributed by atoms with Gasteiger partial charge in [0.25, 0.3) is 0 Å². The van der Waals surface area contributed by atoms with Crippen molar-refractivity contribution in [1.82, 2.24) is 5.32 Å². The zero-order chi connectivity index (χ0) is 11.7. The Morgan fingerprint density at radius 1 is 1.25 bits per heavy atom. The van der Waals surface area contributed by atoms with Crippen molar-refractivity contribution in [3.63, 3.8) is 0 Å². The van der Waals surface area contributed by atoms with E-state index in [0.717, 1.165) is 12.1 Å². The number of anilines is 1. The van der Waals surface area contributed by atoms with E-state index in [1.165, 1.54) is 6.07 Å². The normalized spacial score (nSPS) is 19.8. The molecule has 0 radical (unpaired) electrons. The number of imide groups is 1. The summed E-state index contributed by atoms with van der Waals surface area (Å²) in [5, 5.41) is 4.75. The summed E-state index contributed by atoms with van der Waals surface area (Å²) in [6.07, 6.45) is -0.00215. The molecule has 1 aliphatic heterocycles. The Bertz CT molecular complexity index is 462. The van der Waals surface area contributed by atoms with Gasteiger partial charge in [-0.15, -0.1) is 0 Å². The van der Waals surface area contributed by atoms with Crippen molar-refractivity contribution in [2.24, 2.45) is 0 Å². The molecule has 1 aromatic carbocycles. The quantitative estimate of drug-likeness (QED) is 0.733. The van der Waals surface area contributed by atoms with E-state index < -0.39 is 23.6 Å². The molecule has 1 aromatic rings. The summed E-state index contributed by atoms with van der Waals surface area (Å²) < 4.78 is 25.5. The zero-order valence-electron chi connectivity index (χ0n) is 8.09. The number of nitrogens with one attached hydrogen (secondary N) is 2. The van der Waals surface area contributed by atoms with E-state index in [4.69, 9.17) is 0 Å². The molecule has 1 unspecified atom stereocenters. The average Bonchev–Trinajstić information content (AvgIpc) is 2.51. The summed E-state index contributed by atoms with van der Waals surface area (Å²) in [6.45, 7) is 0. The van der Waals surface area contributed by atoms with Crippen LogP contribution < -0.4 is 10.6 Å². The van der Waals surface area contributed by atoms with Gasteiger partial charge in [0.1, 0.15) is 6.04 Å². The number of carbonyl (C=O) groups excluding carboxylic acids is 2. The van der Waals surface area contributed by atoms with Gasteiger partial charge in [-0.3, -0.25) is 14.9 Å². The molecule has 2 rings (SSSR count). The first-order valence-electron chi connectivity index (χ1n) is 4.61. The minimum atomic E-state index is -1.00. The molecule has 0 aliphatic carbocycles. The van der Waals surface area contributed by atoms with Crippen molar-refractivity contribution in [2.45, 2.75) is 12.5 Å². The first kappa shape index (κ1) is 10.5. The molecule has 4 nitrogen and oxygen atoms in total. The second kappa shape index (κ2) is 3.88. The first-order chi connectivity index (χ1) is 7.56. The maximum absolute atomic E-state index is 12.8.